The van der Waals surface area contributed by atoms with Crippen LogP contribution in [0.25, 0.3) is 0 Å². The van der Waals surface area contributed by atoms with Gasteiger partial charge in [-0.2, -0.15) is 0 Å². The number of anilines is 1. The normalized spacial score (nSPS) is 20.0. The van der Waals surface area contributed by atoms with Crippen LogP contribution in [0.4, 0.5) is 5.69 Å². The molecule has 1 atom stereocenters. The fourth-order valence-corrected chi connectivity index (χ4v) is 4.68. The van der Waals surface area contributed by atoms with E-state index in [0.717, 1.165) is 23.7 Å². The number of carbonyl (C=O) groups is 2. The van der Waals surface area contributed by atoms with Crippen molar-refractivity contribution in [2.75, 3.05) is 44.3 Å². The highest BCUT2D eigenvalue weighted by atomic mass is 35.5. The Labute approximate surface area is 180 Å². The lowest BCUT2D eigenvalue weighted by atomic mass is 10.1. The number of fused-ring (bicyclic) bond motifs is 1. The van der Waals surface area contributed by atoms with Crippen molar-refractivity contribution < 1.29 is 19.4 Å². The van der Waals surface area contributed by atoms with E-state index in [1.807, 2.05) is 24.3 Å². The Bertz CT molecular complexity index is 871. The maximum atomic E-state index is 13.1. The number of carbonyl (C=O) groups excluding carboxylic acids is 2. The van der Waals surface area contributed by atoms with Crippen LogP contribution < -0.4 is 4.90 Å². The maximum absolute atomic E-state index is 13.1. The number of ether oxygens (including phenoxy) is 1. The zero-order valence-corrected chi connectivity index (χ0v) is 17.5. The van der Waals surface area contributed by atoms with Crippen molar-refractivity contribution in [3.8, 4) is 5.75 Å². The first kappa shape index (κ1) is 21.6. The summed E-state index contributed by atoms with van der Waals surface area (Å²) >= 11 is 1.39. The number of benzene rings is 2. The number of phenols is 1. The highest BCUT2D eigenvalue weighted by molar-refractivity contribution is 8.00. The van der Waals surface area contributed by atoms with Gasteiger partial charge in [0.05, 0.1) is 18.9 Å². The van der Waals surface area contributed by atoms with E-state index in [9.17, 15) is 14.7 Å². The summed E-state index contributed by atoms with van der Waals surface area (Å²) in [5, 5.41) is 8.92. The van der Waals surface area contributed by atoms with Crippen LogP contribution in [0.2, 0.25) is 0 Å². The standard InChI is InChI=1S/C21H22N2O4S.ClH/c24-16-7-5-15(6-8-16)20-19(25)21(26)23(10-9-22-11-13-27-14-12-22)17-3-1-2-4-18(17)28-20;/h1-8,20,24H,9-14H2;1H. The largest absolute Gasteiger partial charge is 0.508 e. The molecular formula is C21H23ClN2O4S. The monoisotopic (exact) mass is 434 g/mol. The van der Waals surface area contributed by atoms with Crippen molar-refractivity contribution in [1.29, 1.82) is 0 Å². The minimum atomic E-state index is -0.623. The maximum Gasteiger partial charge on any atom is 0.296 e. The van der Waals surface area contributed by atoms with Crippen molar-refractivity contribution in [2.24, 2.45) is 0 Å². The molecule has 0 radical (unpaired) electrons. The molecule has 1 N–H and O–H groups in total. The number of thioether (sulfide) groups is 1. The van der Waals surface area contributed by atoms with Crippen LogP contribution in [0.15, 0.2) is 53.4 Å². The van der Waals surface area contributed by atoms with E-state index in [1.54, 1.807) is 29.2 Å². The van der Waals surface area contributed by atoms with Crippen LogP contribution >= 0.6 is 24.2 Å². The number of nitrogens with zero attached hydrogens (tertiary/aromatic N) is 2. The predicted molar refractivity (Wildman–Crippen MR) is 115 cm³/mol. The minimum absolute atomic E-state index is 0. The van der Waals surface area contributed by atoms with E-state index in [0.29, 0.717) is 31.9 Å². The molecule has 2 aromatic rings. The van der Waals surface area contributed by atoms with Crippen LogP contribution in [-0.4, -0.2) is 61.1 Å². The number of morpholine rings is 1. The second kappa shape index (κ2) is 9.63. The zero-order valence-electron chi connectivity index (χ0n) is 15.8. The SMILES string of the molecule is Cl.O=C1C(=O)N(CCN2CCOCC2)c2ccccc2SC1c1ccc(O)cc1. The average molecular weight is 435 g/mol. The number of phenolic OH excluding ortho intramolecular Hbond substituents is 1. The Kier molecular flexibility index (Phi) is 7.18. The molecule has 0 bridgehead atoms. The third kappa shape index (κ3) is 4.75. The molecule has 1 fully saturated rings. The Morgan fingerprint density at radius 2 is 1.69 bits per heavy atom. The fraction of sp³-hybridized carbons (Fsp3) is 0.333. The van der Waals surface area contributed by atoms with Gasteiger partial charge in [0.2, 0.25) is 5.78 Å². The Balaban J connectivity index is 0.00000240. The molecule has 2 heterocycles. The van der Waals surface area contributed by atoms with Gasteiger partial charge in [-0.05, 0) is 29.8 Å². The van der Waals surface area contributed by atoms with E-state index in [-0.39, 0.29) is 18.2 Å². The first-order chi connectivity index (χ1) is 13.6. The van der Waals surface area contributed by atoms with Crippen molar-refractivity contribution in [2.45, 2.75) is 10.1 Å². The van der Waals surface area contributed by atoms with E-state index < -0.39 is 16.9 Å². The number of rotatable bonds is 4. The predicted octanol–water partition coefficient (Wildman–Crippen LogP) is 2.90. The Morgan fingerprint density at radius 3 is 2.41 bits per heavy atom. The number of amides is 1. The van der Waals surface area contributed by atoms with Gasteiger partial charge in [-0.1, -0.05) is 24.3 Å². The molecule has 1 saturated heterocycles. The van der Waals surface area contributed by atoms with Crippen molar-refractivity contribution in [3.05, 3.63) is 54.1 Å². The van der Waals surface area contributed by atoms with Gasteiger partial charge in [-0.15, -0.1) is 24.2 Å². The average Bonchev–Trinajstić information content (AvgIpc) is 2.83. The lowest BCUT2D eigenvalue weighted by Crippen LogP contribution is -2.45. The molecule has 1 amide bonds. The molecule has 6 nitrogen and oxygen atoms in total. The van der Waals surface area contributed by atoms with E-state index in [2.05, 4.69) is 4.90 Å². The topological polar surface area (TPSA) is 70.1 Å². The summed E-state index contributed by atoms with van der Waals surface area (Å²) in [5.41, 5.74) is 1.49. The summed E-state index contributed by atoms with van der Waals surface area (Å²) in [5.74, 6) is -0.786. The number of halogens is 1. The summed E-state index contributed by atoms with van der Waals surface area (Å²) in [7, 11) is 0. The molecule has 154 valence electrons. The van der Waals surface area contributed by atoms with Crippen LogP contribution in [0.3, 0.4) is 0 Å². The van der Waals surface area contributed by atoms with E-state index in [4.69, 9.17) is 4.74 Å². The molecular weight excluding hydrogens is 412 g/mol. The molecule has 2 aliphatic rings. The Morgan fingerprint density at radius 1 is 1.00 bits per heavy atom. The van der Waals surface area contributed by atoms with Gasteiger partial charge in [0.1, 0.15) is 11.0 Å². The first-order valence-electron chi connectivity index (χ1n) is 9.34. The van der Waals surface area contributed by atoms with E-state index >= 15 is 0 Å². The highest BCUT2D eigenvalue weighted by Crippen LogP contribution is 2.44. The summed E-state index contributed by atoms with van der Waals surface area (Å²) in [4.78, 5) is 30.9. The van der Waals surface area contributed by atoms with Crippen molar-refractivity contribution in [1.82, 2.24) is 4.90 Å². The van der Waals surface area contributed by atoms with Crippen molar-refractivity contribution >= 4 is 41.5 Å². The third-order valence-electron chi connectivity index (χ3n) is 5.03. The molecule has 0 spiro atoms. The smallest absolute Gasteiger partial charge is 0.296 e. The lowest BCUT2D eigenvalue weighted by Gasteiger charge is -2.29. The minimum Gasteiger partial charge on any atom is -0.508 e. The molecule has 8 heteroatoms. The molecule has 29 heavy (non-hydrogen) atoms. The van der Waals surface area contributed by atoms with Crippen LogP contribution in [0, 0.1) is 0 Å². The third-order valence-corrected chi connectivity index (χ3v) is 6.36. The first-order valence-corrected chi connectivity index (χ1v) is 10.2. The number of Topliss-reactive ketones (excluding diaryl/α,β-unsaturated/α-hetero) is 1. The fourth-order valence-electron chi connectivity index (χ4n) is 3.47. The summed E-state index contributed by atoms with van der Waals surface area (Å²) < 4.78 is 5.38. The number of para-hydroxylation sites is 1. The summed E-state index contributed by atoms with van der Waals surface area (Å²) in [6.45, 7) is 4.23. The number of ketones is 1. The molecule has 2 aromatic carbocycles. The molecule has 1 unspecified atom stereocenters. The van der Waals surface area contributed by atoms with Crippen LogP contribution in [0.5, 0.6) is 5.75 Å². The molecule has 0 saturated carbocycles. The molecule has 2 aliphatic heterocycles. The van der Waals surface area contributed by atoms with Crippen LogP contribution in [-0.2, 0) is 14.3 Å². The molecule has 4 rings (SSSR count). The molecule has 0 aliphatic carbocycles. The number of hydrogen-bond donors (Lipinski definition) is 1. The lowest BCUT2D eigenvalue weighted by molar-refractivity contribution is -0.136. The van der Waals surface area contributed by atoms with Gasteiger partial charge in [-0.25, -0.2) is 0 Å². The van der Waals surface area contributed by atoms with Gasteiger partial charge in [0, 0.05) is 31.1 Å². The second-order valence-corrected chi connectivity index (χ2v) is 7.98. The van der Waals surface area contributed by atoms with Gasteiger partial charge in [0.25, 0.3) is 5.91 Å². The van der Waals surface area contributed by atoms with Crippen molar-refractivity contribution in [3.63, 3.8) is 0 Å². The van der Waals surface area contributed by atoms with Gasteiger partial charge < -0.3 is 14.7 Å². The molecule has 0 aromatic heterocycles. The summed E-state index contributed by atoms with van der Waals surface area (Å²) in [6, 6.07) is 14.1. The summed E-state index contributed by atoms with van der Waals surface area (Å²) in [6.07, 6.45) is 0. The zero-order chi connectivity index (χ0) is 19.5. The van der Waals surface area contributed by atoms with Gasteiger partial charge in [-0.3, -0.25) is 14.5 Å². The number of hydrogen-bond acceptors (Lipinski definition) is 6. The Hall–Kier alpha value is -2.06. The van der Waals surface area contributed by atoms with E-state index in [1.165, 1.54) is 11.8 Å². The highest BCUT2D eigenvalue weighted by Gasteiger charge is 2.37. The van der Waals surface area contributed by atoms with Gasteiger partial charge >= 0.3 is 0 Å². The van der Waals surface area contributed by atoms with Gasteiger partial charge in [0.15, 0.2) is 0 Å². The quantitative estimate of drug-likeness (QED) is 0.746. The second-order valence-electron chi connectivity index (χ2n) is 6.83. The number of aromatic hydroxyl groups is 1. The van der Waals surface area contributed by atoms with Crippen LogP contribution in [0.1, 0.15) is 10.8 Å².